The van der Waals surface area contributed by atoms with E-state index < -0.39 is 15.3 Å². The first kappa shape index (κ1) is 15.2. The predicted octanol–water partition coefficient (Wildman–Crippen LogP) is 2.49. The lowest BCUT2D eigenvalue weighted by atomic mass is 10.2. The number of piperidine rings is 1. The van der Waals surface area contributed by atoms with Gasteiger partial charge < -0.3 is 5.32 Å². The van der Waals surface area contributed by atoms with Crippen LogP contribution in [-0.4, -0.2) is 35.5 Å². The minimum atomic E-state index is -3.54. The van der Waals surface area contributed by atoms with Gasteiger partial charge in [-0.25, -0.2) is 8.42 Å². The normalized spacial score (nSPS) is 19.8. The molecule has 3 rings (SSSR count). The van der Waals surface area contributed by atoms with Crippen molar-refractivity contribution in [3.8, 4) is 0 Å². The Kier molecular flexibility index (Phi) is 4.24. The standard InChI is InChI=1S/C11H12Cl2N4O2S2/c12-7-4-8(13)10(11-9(7)15-20-16-11)17-21(18,19)6-2-1-3-14-5-6/h4,6,14,17H,1-3,5H2. The summed E-state index contributed by atoms with van der Waals surface area (Å²) < 4.78 is 35.6. The lowest BCUT2D eigenvalue weighted by Crippen LogP contribution is -2.41. The lowest BCUT2D eigenvalue weighted by Gasteiger charge is -2.23. The van der Waals surface area contributed by atoms with E-state index in [9.17, 15) is 8.42 Å². The second-order valence-electron chi connectivity index (χ2n) is 4.79. The molecule has 1 saturated heterocycles. The first-order chi connectivity index (χ1) is 9.99. The highest BCUT2D eigenvalue weighted by Crippen LogP contribution is 2.36. The van der Waals surface area contributed by atoms with Crippen molar-refractivity contribution in [2.45, 2.75) is 18.1 Å². The molecule has 0 bridgehead atoms. The second kappa shape index (κ2) is 5.85. The van der Waals surface area contributed by atoms with E-state index in [-0.39, 0.29) is 10.7 Å². The Bertz CT molecular complexity index is 772. The van der Waals surface area contributed by atoms with E-state index in [1.807, 2.05) is 0 Å². The molecule has 1 aromatic heterocycles. The molecule has 1 aromatic carbocycles. The molecule has 1 atom stereocenters. The molecular formula is C11H12Cl2N4O2S2. The highest BCUT2D eigenvalue weighted by Gasteiger charge is 2.29. The van der Waals surface area contributed by atoms with Gasteiger partial charge in [-0.3, -0.25) is 4.72 Å². The highest BCUT2D eigenvalue weighted by molar-refractivity contribution is 7.93. The zero-order chi connectivity index (χ0) is 15.0. The van der Waals surface area contributed by atoms with E-state index in [1.165, 1.54) is 6.07 Å². The number of rotatable bonds is 3. The van der Waals surface area contributed by atoms with Crippen LogP contribution in [0.25, 0.3) is 11.0 Å². The van der Waals surface area contributed by atoms with Crippen molar-refractivity contribution in [1.82, 2.24) is 14.1 Å². The smallest absolute Gasteiger partial charge is 0.236 e. The van der Waals surface area contributed by atoms with Crippen LogP contribution >= 0.6 is 34.9 Å². The lowest BCUT2D eigenvalue weighted by molar-refractivity contribution is 0.499. The van der Waals surface area contributed by atoms with Crippen molar-refractivity contribution in [3.05, 3.63) is 16.1 Å². The summed E-state index contributed by atoms with van der Waals surface area (Å²) in [5, 5.41) is 3.17. The summed E-state index contributed by atoms with van der Waals surface area (Å²) in [5.41, 5.74) is 1.07. The zero-order valence-corrected chi connectivity index (χ0v) is 13.9. The number of nitrogens with zero attached hydrogens (tertiary/aromatic N) is 2. The summed E-state index contributed by atoms with van der Waals surface area (Å²) in [6.45, 7) is 1.27. The van der Waals surface area contributed by atoms with Crippen LogP contribution in [0.15, 0.2) is 6.07 Å². The van der Waals surface area contributed by atoms with Crippen LogP contribution < -0.4 is 10.0 Å². The second-order valence-corrected chi connectivity index (χ2v) is 8.10. The first-order valence-electron chi connectivity index (χ1n) is 6.31. The maximum absolute atomic E-state index is 12.5. The Morgan fingerprint density at radius 1 is 1.29 bits per heavy atom. The molecule has 0 radical (unpaired) electrons. The molecule has 10 heteroatoms. The van der Waals surface area contributed by atoms with Gasteiger partial charge in [0.1, 0.15) is 11.0 Å². The molecule has 6 nitrogen and oxygen atoms in total. The molecule has 1 fully saturated rings. The SMILES string of the molecule is O=S(=O)(Nc1c(Cl)cc(Cl)c2nsnc12)C1CCCNC1. The summed E-state index contributed by atoms with van der Waals surface area (Å²) in [6, 6.07) is 1.48. The molecule has 114 valence electrons. The molecule has 0 amide bonds. The Morgan fingerprint density at radius 2 is 2.05 bits per heavy atom. The van der Waals surface area contributed by atoms with Gasteiger partial charge in [0.25, 0.3) is 0 Å². The van der Waals surface area contributed by atoms with E-state index in [2.05, 4.69) is 18.8 Å². The fourth-order valence-electron chi connectivity index (χ4n) is 2.28. The molecular weight excluding hydrogens is 355 g/mol. The Morgan fingerprint density at radius 3 is 2.76 bits per heavy atom. The molecule has 1 aliphatic heterocycles. The maximum atomic E-state index is 12.5. The molecule has 2 aromatic rings. The average Bonchev–Trinajstić information content (AvgIpc) is 2.94. The van der Waals surface area contributed by atoms with E-state index in [1.54, 1.807) is 0 Å². The Hall–Kier alpha value is -0.670. The quantitative estimate of drug-likeness (QED) is 0.871. The van der Waals surface area contributed by atoms with Gasteiger partial charge in [0.05, 0.1) is 32.7 Å². The summed E-state index contributed by atoms with van der Waals surface area (Å²) in [5.74, 6) is 0. The van der Waals surface area contributed by atoms with Crippen LogP contribution in [-0.2, 0) is 10.0 Å². The van der Waals surface area contributed by atoms with Gasteiger partial charge in [0, 0.05) is 6.54 Å². The number of nitrogens with one attached hydrogen (secondary N) is 2. The molecule has 21 heavy (non-hydrogen) atoms. The van der Waals surface area contributed by atoms with Crippen LogP contribution in [0.4, 0.5) is 5.69 Å². The van der Waals surface area contributed by atoms with Gasteiger partial charge in [-0.2, -0.15) is 8.75 Å². The fraction of sp³-hybridized carbons (Fsp3) is 0.455. The molecule has 1 unspecified atom stereocenters. The van der Waals surface area contributed by atoms with Crippen LogP contribution in [0.1, 0.15) is 12.8 Å². The number of aromatic nitrogens is 2. The van der Waals surface area contributed by atoms with Gasteiger partial charge in [-0.15, -0.1) is 0 Å². The molecule has 1 aliphatic rings. The number of benzene rings is 1. The Labute approximate surface area is 136 Å². The summed E-state index contributed by atoms with van der Waals surface area (Å²) in [4.78, 5) is 0. The molecule has 0 saturated carbocycles. The van der Waals surface area contributed by atoms with Crippen molar-refractivity contribution in [1.29, 1.82) is 0 Å². The van der Waals surface area contributed by atoms with Gasteiger partial charge in [-0.1, -0.05) is 23.2 Å². The van der Waals surface area contributed by atoms with Crippen LogP contribution in [0.2, 0.25) is 10.0 Å². The largest absolute Gasteiger partial charge is 0.315 e. The van der Waals surface area contributed by atoms with E-state index in [4.69, 9.17) is 23.2 Å². The molecule has 0 spiro atoms. The van der Waals surface area contributed by atoms with Gasteiger partial charge >= 0.3 is 0 Å². The van der Waals surface area contributed by atoms with Gasteiger partial charge in [0.2, 0.25) is 10.0 Å². The van der Waals surface area contributed by atoms with Gasteiger partial charge in [0.15, 0.2) is 0 Å². The number of anilines is 1. The monoisotopic (exact) mass is 366 g/mol. The van der Waals surface area contributed by atoms with Crippen LogP contribution in [0, 0.1) is 0 Å². The van der Waals surface area contributed by atoms with Gasteiger partial charge in [-0.05, 0) is 25.5 Å². The molecule has 0 aliphatic carbocycles. The zero-order valence-electron chi connectivity index (χ0n) is 10.8. The fourth-order valence-corrected chi connectivity index (χ4v) is 4.97. The van der Waals surface area contributed by atoms with E-state index >= 15 is 0 Å². The maximum Gasteiger partial charge on any atom is 0.236 e. The van der Waals surface area contributed by atoms with Crippen molar-refractivity contribution in [3.63, 3.8) is 0 Å². The highest BCUT2D eigenvalue weighted by atomic mass is 35.5. The average molecular weight is 367 g/mol. The van der Waals surface area contributed by atoms with Crippen LogP contribution in [0.5, 0.6) is 0 Å². The van der Waals surface area contributed by atoms with Crippen molar-refractivity contribution < 1.29 is 8.42 Å². The van der Waals surface area contributed by atoms with Crippen molar-refractivity contribution in [2.24, 2.45) is 0 Å². The molecule has 2 N–H and O–H groups in total. The van der Waals surface area contributed by atoms with E-state index in [0.29, 0.717) is 29.0 Å². The minimum absolute atomic E-state index is 0.215. The third kappa shape index (κ3) is 2.95. The predicted molar refractivity (Wildman–Crippen MR) is 85.9 cm³/mol. The number of halogens is 2. The summed E-state index contributed by atoms with van der Waals surface area (Å²) >= 11 is 13.1. The topological polar surface area (TPSA) is 84.0 Å². The third-order valence-corrected chi connectivity index (χ3v) is 6.26. The van der Waals surface area contributed by atoms with Crippen molar-refractivity contribution in [2.75, 3.05) is 17.8 Å². The Balaban J connectivity index is 1.99. The number of hydrogen-bond acceptors (Lipinski definition) is 6. The number of fused-ring (bicyclic) bond motifs is 1. The van der Waals surface area contributed by atoms with Crippen LogP contribution in [0.3, 0.4) is 0 Å². The number of hydrogen-bond donors (Lipinski definition) is 2. The van der Waals surface area contributed by atoms with Crippen molar-refractivity contribution >= 4 is 61.7 Å². The number of sulfonamides is 1. The summed E-state index contributed by atoms with van der Waals surface area (Å²) in [6.07, 6.45) is 1.44. The summed E-state index contributed by atoms with van der Waals surface area (Å²) in [7, 11) is -3.54. The third-order valence-electron chi connectivity index (χ3n) is 3.38. The van der Waals surface area contributed by atoms with E-state index in [0.717, 1.165) is 24.7 Å². The minimum Gasteiger partial charge on any atom is -0.315 e. The first-order valence-corrected chi connectivity index (χ1v) is 9.35. The molecule has 2 heterocycles.